The second-order valence-corrected chi connectivity index (χ2v) is 8.04. The van der Waals surface area contributed by atoms with Crippen LogP contribution in [0.3, 0.4) is 0 Å². The number of hydrogen-bond acceptors (Lipinski definition) is 3. The summed E-state index contributed by atoms with van der Waals surface area (Å²) in [5.74, 6) is 1.56. The molecule has 0 bridgehead atoms. The van der Waals surface area contributed by atoms with Crippen molar-refractivity contribution in [3.05, 3.63) is 65.7 Å². The number of benzene rings is 2. The van der Waals surface area contributed by atoms with Crippen LogP contribution in [0.15, 0.2) is 59.6 Å². The smallest absolute Gasteiger partial charge is 0.251 e. The van der Waals surface area contributed by atoms with E-state index < -0.39 is 0 Å². The Hall–Kier alpha value is -3.02. The van der Waals surface area contributed by atoms with Crippen LogP contribution in [0.4, 0.5) is 0 Å². The fraction of sp³-hybridized carbons (Fsp3) is 0.417. The summed E-state index contributed by atoms with van der Waals surface area (Å²) in [5.41, 5.74) is 1.37. The van der Waals surface area contributed by atoms with Crippen LogP contribution in [-0.2, 0) is 6.54 Å². The first-order chi connectivity index (χ1) is 14.4. The Labute approximate surface area is 180 Å². The van der Waals surface area contributed by atoms with Gasteiger partial charge in [-0.3, -0.25) is 4.79 Å². The molecule has 0 aliphatic carbocycles. The quantitative estimate of drug-likeness (QED) is 0.334. The third-order valence-corrected chi connectivity index (χ3v) is 4.07. The zero-order chi connectivity index (χ0) is 21.8. The Morgan fingerprint density at radius 2 is 1.80 bits per heavy atom. The van der Waals surface area contributed by atoms with Gasteiger partial charge in [-0.25, -0.2) is 4.99 Å². The Balaban J connectivity index is 1.84. The number of nitrogens with one attached hydrogen (secondary N) is 3. The second-order valence-electron chi connectivity index (χ2n) is 8.04. The average molecular weight is 411 g/mol. The van der Waals surface area contributed by atoms with E-state index in [0.717, 1.165) is 36.8 Å². The molecule has 0 saturated heterocycles. The first-order valence-electron chi connectivity index (χ1n) is 10.5. The lowest BCUT2D eigenvalue weighted by atomic mass is 10.1. The van der Waals surface area contributed by atoms with Gasteiger partial charge in [0, 0.05) is 24.2 Å². The molecule has 2 aromatic rings. The van der Waals surface area contributed by atoms with Crippen molar-refractivity contribution in [1.29, 1.82) is 0 Å². The Kier molecular flexibility index (Phi) is 9.19. The summed E-state index contributed by atoms with van der Waals surface area (Å²) in [7, 11) is 0. The number of para-hydroxylation sites is 1. The Bertz CT molecular complexity index is 813. The van der Waals surface area contributed by atoms with Crippen LogP contribution in [0, 0.1) is 0 Å². The molecule has 0 aromatic heterocycles. The zero-order valence-corrected chi connectivity index (χ0v) is 18.5. The Morgan fingerprint density at radius 3 is 2.50 bits per heavy atom. The summed E-state index contributed by atoms with van der Waals surface area (Å²) in [6.45, 7) is 10.6. The molecule has 0 radical (unpaired) electrons. The van der Waals surface area contributed by atoms with Gasteiger partial charge in [0.15, 0.2) is 5.96 Å². The van der Waals surface area contributed by atoms with Crippen molar-refractivity contribution in [2.24, 2.45) is 4.99 Å². The van der Waals surface area contributed by atoms with Gasteiger partial charge in [0.05, 0.1) is 13.2 Å². The standard InChI is InChI=1S/C24H34N4O2/c1-5-25-23(26-15-10-16-30-21-13-7-6-8-14-21)27-18-19-11-9-12-20(17-19)22(29)28-24(2,3)4/h6-9,11-14,17H,5,10,15-16,18H2,1-4H3,(H,28,29)(H2,25,26,27). The normalized spacial score (nSPS) is 11.7. The molecule has 162 valence electrons. The van der Waals surface area contributed by atoms with Crippen molar-refractivity contribution in [2.75, 3.05) is 19.7 Å². The number of carbonyl (C=O) groups is 1. The van der Waals surface area contributed by atoms with Crippen LogP contribution in [0.1, 0.15) is 50.0 Å². The third-order valence-electron chi connectivity index (χ3n) is 4.07. The van der Waals surface area contributed by atoms with Crippen LogP contribution < -0.4 is 20.7 Å². The van der Waals surface area contributed by atoms with Gasteiger partial charge in [0.1, 0.15) is 5.75 Å². The number of rotatable bonds is 9. The van der Waals surface area contributed by atoms with E-state index in [0.29, 0.717) is 18.7 Å². The van der Waals surface area contributed by atoms with Gasteiger partial charge in [-0.15, -0.1) is 0 Å². The monoisotopic (exact) mass is 410 g/mol. The summed E-state index contributed by atoms with van der Waals surface area (Å²) in [6, 6.07) is 17.4. The van der Waals surface area contributed by atoms with Gasteiger partial charge in [-0.2, -0.15) is 0 Å². The fourth-order valence-corrected chi connectivity index (χ4v) is 2.72. The fourth-order valence-electron chi connectivity index (χ4n) is 2.72. The van der Waals surface area contributed by atoms with E-state index in [4.69, 9.17) is 4.74 Å². The number of nitrogens with zero attached hydrogens (tertiary/aromatic N) is 1. The molecule has 0 atom stereocenters. The molecule has 1 amide bonds. The van der Waals surface area contributed by atoms with Gasteiger partial charge in [0.25, 0.3) is 5.91 Å². The van der Waals surface area contributed by atoms with Crippen molar-refractivity contribution >= 4 is 11.9 Å². The summed E-state index contributed by atoms with van der Waals surface area (Å²) in [6.07, 6.45) is 0.863. The van der Waals surface area contributed by atoms with Gasteiger partial charge < -0.3 is 20.7 Å². The number of amides is 1. The largest absolute Gasteiger partial charge is 0.494 e. The molecule has 0 saturated carbocycles. The van der Waals surface area contributed by atoms with Crippen molar-refractivity contribution in [3.8, 4) is 5.75 Å². The zero-order valence-electron chi connectivity index (χ0n) is 18.5. The molecule has 30 heavy (non-hydrogen) atoms. The van der Waals surface area contributed by atoms with Crippen LogP contribution in [0.2, 0.25) is 0 Å². The SMILES string of the molecule is CCNC(=NCc1cccc(C(=O)NC(C)(C)C)c1)NCCCOc1ccccc1. The van der Waals surface area contributed by atoms with Crippen LogP contribution >= 0.6 is 0 Å². The van der Waals surface area contributed by atoms with Crippen LogP contribution in [0.5, 0.6) is 5.75 Å². The summed E-state index contributed by atoms with van der Waals surface area (Å²) in [4.78, 5) is 17.0. The highest BCUT2D eigenvalue weighted by Gasteiger charge is 2.15. The summed E-state index contributed by atoms with van der Waals surface area (Å²) < 4.78 is 5.71. The van der Waals surface area contributed by atoms with E-state index in [-0.39, 0.29) is 11.4 Å². The maximum Gasteiger partial charge on any atom is 0.251 e. The van der Waals surface area contributed by atoms with Gasteiger partial charge in [-0.05, 0) is 63.9 Å². The highest BCUT2D eigenvalue weighted by molar-refractivity contribution is 5.94. The lowest BCUT2D eigenvalue weighted by Crippen LogP contribution is -2.40. The van der Waals surface area contributed by atoms with Crippen LogP contribution in [0.25, 0.3) is 0 Å². The number of carbonyl (C=O) groups excluding carboxylic acids is 1. The number of aliphatic imine (C=N–C) groups is 1. The molecule has 0 heterocycles. The van der Waals surface area contributed by atoms with Crippen molar-refractivity contribution in [3.63, 3.8) is 0 Å². The van der Waals surface area contributed by atoms with E-state index >= 15 is 0 Å². The lowest BCUT2D eigenvalue weighted by molar-refractivity contribution is 0.0919. The van der Waals surface area contributed by atoms with E-state index in [2.05, 4.69) is 20.9 Å². The molecule has 0 spiro atoms. The molecular weight excluding hydrogens is 376 g/mol. The molecular formula is C24H34N4O2. The van der Waals surface area contributed by atoms with Crippen molar-refractivity contribution in [1.82, 2.24) is 16.0 Å². The molecule has 3 N–H and O–H groups in total. The van der Waals surface area contributed by atoms with E-state index in [1.54, 1.807) is 0 Å². The molecule has 2 aromatic carbocycles. The molecule has 6 nitrogen and oxygen atoms in total. The topological polar surface area (TPSA) is 74.8 Å². The number of guanidine groups is 1. The average Bonchev–Trinajstić information content (AvgIpc) is 2.71. The maximum absolute atomic E-state index is 12.4. The summed E-state index contributed by atoms with van der Waals surface area (Å²) >= 11 is 0. The van der Waals surface area contributed by atoms with E-state index in [9.17, 15) is 4.79 Å². The molecule has 0 fully saturated rings. The van der Waals surface area contributed by atoms with E-state index in [1.807, 2.05) is 82.3 Å². The first kappa shape index (κ1) is 23.3. The Morgan fingerprint density at radius 1 is 1.03 bits per heavy atom. The molecule has 0 aliphatic rings. The first-order valence-corrected chi connectivity index (χ1v) is 10.5. The van der Waals surface area contributed by atoms with Crippen molar-refractivity contribution < 1.29 is 9.53 Å². The third kappa shape index (κ3) is 8.99. The molecule has 6 heteroatoms. The number of hydrogen-bond donors (Lipinski definition) is 3. The van der Waals surface area contributed by atoms with Gasteiger partial charge in [-0.1, -0.05) is 30.3 Å². The molecule has 0 unspecified atom stereocenters. The highest BCUT2D eigenvalue weighted by atomic mass is 16.5. The highest BCUT2D eigenvalue weighted by Crippen LogP contribution is 2.10. The van der Waals surface area contributed by atoms with Gasteiger partial charge >= 0.3 is 0 Å². The summed E-state index contributed by atoms with van der Waals surface area (Å²) in [5, 5.41) is 9.56. The predicted molar refractivity (Wildman–Crippen MR) is 123 cm³/mol. The van der Waals surface area contributed by atoms with E-state index in [1.165, 1.54) is 0 Å². The minimum absolute atomic E-state index is 0.0724. The van der Waals surface area contributed by atoms with Crippen molar-refractivity contribution in [2.45, 2.75) is 46.2 Å². The van der Waals surface area contributed by atoms with Gasteiger partial charge in [0.2, 0.25) is 0 Å². The maximum atomic E-state index is 12.4. The molecule has 0 aliphatic heterocycles. The minimum atomic E-state index is -0.266. The second kappa shape index (κ2) is 11.9. The van der Waals surface area contributed by atoms with Crippen LogP contribution in [-0.4, -0.2) is 37.1 Å². The predicted octanol–water partition coefficient (Wildman–Crippen LogP) is 3.74. The minimum Gasteiger partial charge on any atom is -0.494 e. The molecule has 2 rings (SSSR count). The lowest BCUT2D eigenvalue weighted by Gasteiger charge is -2.20. The number of ether oxygens (including phenoxy) is 1.